The lowest BCUT2D eigenvalue weighted by Crippen LogP contribution is -1.29. The van der Waals surface area contributed by atoms with E-state index in [1.165, 1.54) is 0 Å². The van der Waals surface area contributed by atoms with Crippen molar-refractivity contribution >= 4 is 0 Å². The van der Waals surface area contributed by atoms with Crippen molar-refractivity contribution in [2.45, 2.75) is 0 Å². The lowest BCUT2D eigenvalue weighted by Gasteiger charge is -1.25. The van der Waals surface area contributed by atoms with Crippen LogP contribution < -0.4 is 12.3 Å². The number of hydrogen-bond acceptors (Lipinski definition) is 8. The van der Waals surface area contributed by atoms with Crippen LogP contribution in [-0.4, -0.2) is 31.5 Å². The Balaban J connectivity index is -0.00000000500. The second kappa shape index (κ2) is 2100. The molecule has 0 rings (SSSR count). The van der Waals surface area contributed by atoms with Crippen LogP contribution >= 0.6 is 0 Å². The second-order valence-electron chi connectivity index (χ2n) is 0. The summed E-state index contributed by atoms with van der Waals surface area (Å²) >= 11 is 0. The van der Waals surface area contributed by atoms with Crippen LogP contribution in [0.4, 0.5) is 0 Å². The van der Waals surface area contributed by atoms with Crippen molar-refractivity contribution in [1.29, 1.82) is 0 Å². The Bertz CT molecular complexity index is 6.49. The lowest BCUT2D eigenvalue weighted by molar-refractivity contribution is -0.176. The lowest BCUT2D eigenvalue weighted by atomic mass is 14.0. The van der Waals surface area contributed by atoms with Crippen molar-refractivity contribution in [3.8, 4) is 0 Å². The minimum atomic E-state index is 0. The van der Waals surface area contributed by atoms with Gasteiger partial charge in [0.15, 0.2) is 0 Å². The van der Waals surface area contributed by atoms with Gasteiger partial charge in [0, 0.05) is 0 Å². The first kappa shape index (κ1) is 47.7. The fourth-order valence-corrected chi connectivity index (χ4v) is 0. The Morgan fingerprint density at radius 1 is 0.375 bits per heavy atom. The fourth-order valence-electron chi connectivity index (χ4n) is 0. The van der Waals surface area contributed by atoms with Crippen molar-refractivity contribution in [2.75, 3.05) is 0 Å². The van der Waals surface area contributed by atoms with Gasteiger partial charge in [0.05, 0.1) is 0 Å². The summed E-state index contributed by atoms with van der Waals surface area (Å²) < 4.78 is 0. The van der Waals surface area contributed by atoms with Crippen LogP contribution in [0.3, 0.4) is 0 Å². The summed E-state index contributed by atoms with van der Waals surface area (Å²) in [7, 11) is 0. The van der Waals surface area contributed by atoms with Crippen molar-refractivity contribution in [2.24, 2.45) is 0 Å². The molecule has 58 valence electrons. The minimum absolute atomic E-state index is 0. The van der Waals surface area contributed by atoms with E-state index in [2.05, 4.69) is 0 Å². The minimum Gasteiger partial charge on any atom is -0.344 e. The average molecular weight is 136 g/mol. The van der Waals surface area contributed by atoms with Crippen molar-refractivity contribution in [3.05, 3.63) is 0 Å². The molecule has 0 radical (unpaired) electrons. The SMILES string of the molecule is N.N.OO.OO.OO. The molecule has 0 bridgehead atoms. The molecule has 8 heavy (non-hydrogen) atoms. The van der Waals surface area contributed by atoms with E-state index in [0.29, 0.717) is 0 Å². The van der Waals surface area contributed by atoms with Crippen LogP contribution in [0.25, 0.3) is 0 Å². The van der Waals surface area contributed by atoms with E-state index in [4.69, 9.17) is 31.5 Å². The molecule has 0 atom stereocenters. The topological polar surface area (TPSA) is 191 Å². The molecule has 8 nitrogen and oxygen atoms in total. The summed E-state index contributed by atoms with van der Waals surface area (Å²) in [5.74, 6) is 0. The molecule has 0 fully saturated rings. The number of rotatable bonds is 0. The van der Waals surface area contributed by atoms with Crippen molar-refractivity contribution in [1.82, 2.24) is 12.3 Å². The summed E-state index contributed by atoms with van der Waals surface area (Å²) in [6, 6.07) is 0. The van der Waals surface area contributed by atoms with Crippen LogP contribution in [0.15, 0.2) is 0 Å². The molecule has 0 aromatic carbocycles. The number of hydrogen-bond donors (Lipinski definition) is 8. The van der Waals surface area contributed by atoms with Gasteiger partial charge in [-0.3, -0.25) is 31.5 Å². The average Bonchev–Trinajstić information content (AvgIpc) is 1.81. The van der Waals surface area contributed by atoms with Gasteiger partial charge < -0.3 is 12.3 Å². The summed E-state index contributed by atoms with van der Waals surface area (Å²) in [6.07, 6.45) is 0. The van der Waals surface area contributed by atoms with Gasteiger partial charge in [-0.05, 0) is 0 Å². The largest absolute Gasteiger partial charge is 0.344 e. The highest BCUT2D eigenvalue weighted by atomic mass is 17.0. The van der Waals surface area contributed by atoms with Gasteiger partial charge in [-0.15, -0.1) is 0 Å². The fraction of sp³-hybridized carbons (Fsp3) is 0. The summed E-state index contributed by atoms with van der Waals surface area (Å²) in [5, 5.41) is 36.0. The van der Waals surface area contributed by atoms with E-state index in [9.17, 15) is 0 Å². The molecule has 0 aromatic rings. The van der Waals surface area contributed by atoms with E-state index < -0.39 is 0 Å². The van der Waals surface area contributed by atoms with Gasteiger partial charge >= 0.3 is 0 Å². The quantitative estimate of drug-likeness (QED) is 0.173. The predicted molar refractivity (Wildman–Crippen MR) is 25.8 cm³/mol. The Labute approximate surface area is 45.2 Å². The zero-order valence-electron chi connectivity index (χ0n) is 4.10. The molecule has 0 spiro atoms. The maximum Gasteiger partial charge on any atom is -0.255 e. The molecular weight excluding hydrogens is 124 g/mol. The molecule has 0 aromatic heterocycles. The highest BCUT2D eigenvalue weighted by molar-refractivity contribution is 2.14. The first-order valence-electron chi connectivity index (χ1n) is 0.600. The van der Waals surface area contributed by atoms with Crippen LogP contribution in [-0.2, 0) is 0 Å². The summed E-state index contributed by atoms with van der Waals surface area (Å²) in [5.41, 5.74) is 0. The molecule has 0 unspecified atom stereocenters. The third kappa shape index (κ3) is 1210. The third-order valence-corrected chi connectivity index (χ3v) is 0. The zero-order chi connectivity index (χ0) is 6.00. The van der Waals surface area contributed by atoms with Crippen LogP contribution in [0, 0.1) is 0 Å². The Kier molecular flexibility index (Phi) is 12600. The monoisotopic (exact) mass is 136 g/mol. The van der Waals surface area contributed by atoms with Crippen LogP contribution in [0.2, 0.25) is 0 Å². The van der Waals surface area contributed by atoms with Crippen LogP contribution in [0.1, 0.15) is 0 Å². The molecule has 0 heterocycles. The summed E-state index contributed by atoms with van der Waals surface area (Å²) in [4.78, 5) is 0. The Morgan fingerprint density at radius 3 is 0.375 bits per heavy atom. The third-order valence-electron chi connectivity index (χ3n) is 0. The van der Waals surface area contributed by atoms with Gasteiger partial charge in [-0.1, -0.05) is 0 Å². The second-order valence-corrected chi connectivity index (χ2v) is 0. The van der Waals surface area contributed by atoms with Gasteiger partial charge in [-0.25, -0.2) is 0 Å². The molecular formula is H12N2O6. The van der Waals surface area contributed by atoms with E-state index in [1.807, 2.05) is 0 Å². The predicted octanol–water partition coefficient (Wildman–Crippen LogP) is 0.376. The Hall–Kier alpha value is -0.320. The van der Waals surface area contributed by atoms with E-state index >= 15 is 0 Å². The van der Waals surface area contributed by atoms with Gasteiger partial charge in [-0.2, -0.15) is 0 Å². The maximum atomic E-state index is 6.00. The van der Waals surface area contributed by atoms with Crippen molar-refractivity contribution < 1.29 is 31.5 Å². The van der Waals surface area contributed by atoms with Gasteiger partial charge in [0.25, 0.3) is 0 Å². The normalized spacial score (nSPS) is 2.25. The van der Waals surface area contributed by atoms with Crippen LogP contribution in [0.5, 0.6) is 0 Å². The molecule has 0 aliphatic heterocycles. The first-order chi connectivity index (χ1) is 3.00. The molecule has 12 N–H and O–H groups in total. The Morgan fingerprint density at radius 2 is 0.375 bits per heavy atom. The standard InChI is InChI=1S/2H3N.3H2O2/c;;3*1-2/h2*1H3;3*1-2H. The molecule has 0 saturated carbocycles. The zero-order valence-corrected chi connectivity index (χ0v) is 4.10. The van der Waals surface area contributed by atoms with E-state index in [1.54, 1.807) is 0 Å². The highest BCUT2D eigenvalue weighted by Gasteiger charge is 0.749. The highest BCUT2D eigenvalue weighted by Crippen LogP contribution is 0.715. The van der Waals surface area contributed by atoms with Gasteiger partial charge in [0.1, 0.15) is 0 Å². The molecule has 0 aliphatic carbocycles. The van der Waals surface area contributed by atoms with Crippen molar-refractivity contribution in [3.63, 3.8) is 0 Å². The molecule has 0 saturated heterocycles. The summed E-state index contributed by atoms with van der Waals surface area (Å²) in [6.45, 7) is 0. The van der Waals surface area contributed by atoms with Gasteiger partial charge in [0.2, 0.25) is 0 Å². The first-order valence-corrected chi connectivity index (χ1v) is 0.600. The molecule has 0 aliphatic rings. The molecule has 8 heteroatoms. The maximum absolute atomic E-state index is 6.00. The van der Waals surface area contributed by atoms with E-state index in [0.717, 1.165) is 0 Å². The smallest absolute Gasteiger partial charge is 0.255 e. The van der Waals surface area contributed by atoms with E-state index in [-0.39, 0.29) is 12.3 Å². The molecule has 0 amide bonds.